The monoisotopic (exact) mass is 276 g/mol. The predicted molar refractivity (Wildman–Crippen MR) is 74.6 cm³/mol. The summed E-state index contributed by atoms with van der Waals surface area (Å²) in [6, 6.07) is 8.92. The number of furan rings is 1. The van der Waals surface area contributed by atoms with Crippen molar-refractivity contribution in [2.75, 3.05) is 0 Å². The fourth-order valence-corrected chi connectivity index (χ4v) is 1.90. The number of benzene rings is 1. The highest BCUT2D eigenvalue weighted by molar-refractivity contribution is 6.34. The number of nitrogens with zero attached hydrogens (tertiary/aromatic N) is 1. The van der Waals surface area contributed by atoms with E-state index in [1.54, 1.807) is 26.0 Å². The second-order valence-corrected chi connectivity index (χ2v) is 4.42. The highest BCUT2D eigenvalue weighted by Crippen LogP contribution is 2.15. The van der Waals surface area contributed by atoms with Crippen LogP contribution in [0.4, 0.5) is 0 Å². The average Bonchev–Trinajstić information content (AvgIpc) is 2.82. The van der Waals surface area contributed by atoms with Crippen LogP contribution in [0, 0.1) is 6.92 Å². The first kappa shape index (κ1) is 13.4. The molecule has 0 spiro atoms. The van der Waals surface area contributed by atoms with E-state index in [0.29, 0.717) is 22.1 Å². The van der Waals surface area contributed by atoms with Crippen LogP contribution in [0.25, 0.3) is 0 Å². The molecule has 1 aromatic heterocycles. The molecule has 1 heterocycles. The van der Waals surface area contributed by atoms with E-state index in [9.17, 15) is 4.79 Å². The Morgan fingerprint density at radius 2 is 2.00 bits per heavy atom. The van der Waals surface area contributed by atoms with E-state index in [-0.39, 0.29) is 5.91 Å². The Kier molecular flexibility index (Phi) is 4.02. The van der Waals surface area contributed by atoms with Crippen molar-refractivity contribution >= 4 is 23.2 Å². The van der Waals surface area contributed by atoms with Crippen LogP contribution in [0.1, 0.15) is 28.6 Å². The molecule has 1 aromatic carbocycles. The van der Waals surface area contributed by atoms with E-state index in [1.165, 1.54) is 6.26 Å². The molecule has 19 heavy (non-hydrogen) atoms. The first-order valence-corrected chi connectivity index (χ1v) is 6.11. The number of carbonyl (C=O) groups is 1. The molecular weight excluding hydrogens is 264 g/mol. The number of nitrogens with one attached hydrogen (secondary N) is 1. The average molecular weight is 277 g/mol. The van der Waals surface area contributed by atoms with Gasteiger partial charge in [-0.15, -0.1) is 0 Å². The molecule has 0 atom stereocenters. The molecule has 0 radical (unpaired) electrons. The minimum absolute atomic E-state index is 0.308. The van der Waals surface area contributed by atoms with E-state index >= 15 is 0 Å². The number of rotatable bonds is 3. The van der Waals surface area contributed by atoms with Crippen LogP contribution >= 0.6 is 11.6 Å². The van der Waals surface area contributed by atoms with Gasteiger partial charge < -0.3 is 4.42 Å². The number of hydrogen-bond donors (Lipinski definition) is 1. The molecular formula is C14H13ClN2O2. The van der Waals surface area contributed by atoms with Crippen LogP contribution in [-0.2, 0) is 0 Å². The summed E-state index contributed by atoms with van der Waals surface area (Å²) in [6.07, 6.45) is 1.47. The zero-order chi connectivity index (χ0) is 13.8. The van der Waals surface area contributed by atoms with Crippen LogP contribution in [0.3, 0.4) is 0 Å². The van der Waals surface area contributed by atoms with Gasteiger partial charge in [0.15, 0.2) is 0 Å². The third kappa shape index (κ3) is 3.03. The lowest BCUT2D eigenvalue weighted by molar-refractivity contribution is 0.0953. The maximum Gasteiger partial charge on any atom is 0.274 e. The molecule has 0 aliphatic heterocycles. The van der Waals surface area contributed by atoms with Gasteiger partial charge in [-0.2, -0.15) is 5.10 Å². The quantitative estimate of drug-likeness (QED) is 0.690. The van der Waals surface area contributed by atoms with Crippen LogP contribution in [0.15, 0.2) is 46.1 Å². The zero-order valence-electron chi connectivity index (χ0n) is 10.6. The van der Waals surface area contributed by atoms with Gasteiger partial charge in [-0.3, -0.25) is 4.79 Å². The molecule has 2 rings (SSSR count). The molecule has 5 heteroatoms. The van der Waals surface area contributed by atoms with Crippen molar-refractivity contribution in [3.63, 3.8) is 0 Å². The van der Waals surface area contributed by atoms with E-state index in [4.69, 9.17) is 16.0 Å². The Balaban J connectivity index is 2.13. The van der Waals surface area contributed by atoms with Gasteiger partial charge in [0.25, 0.3) is 5.91 Å². The number of hydrogen-bond acceptors (Lipinski definition) is 3. The number of halogens is 1. The van der Waals surface area contributed by atoms with Crippen molar-refractivity contribution in [3.8, 4) is 0 Å². The Morgan fingerprint density at radius 1 is 1.26 bits per heavy atom. The number of hydrazone groups is 1. The van der Waals surface area contributed by atoms with Crippen LogP contribution < -0.4 is 5.43 Å². The zero-order valence-corrected chi connectivity index (χ0v) is 11.4. The van der Waals surface area contributed by atoms with Gasteiger partial charge in [0, 0.05) is 10.6 Å². The first-order valence-electron chi connectivity index (χ1n) is 5.73. The van der Waals surface area contributed by atoms with Gasteiger partial charge in [-0.05, 0) is 26.0 Å². The molecule has 1 amide bonds. The number of amides is 1. The Labute approximate surface area is 116 Å². The van der Waals surface area contributed by atoms with Crippen LogP contribution in [-0.4, -0.2) is 11.6 Å². The summed E-state index contributed by atoms with van der Waals surface area (Å²) in [4.78, 5) is 11.8. The Morgan fingerprint density at radius 3 is 2.63 bits per heavy atom. The number of aryl methyl sites for hydroxylation is 1. The van der Waals surface area contributed by atoms with Crippen molar-refractivity contribution in [2.24, 2.45) is 5.10 Å². The molecule has 0 saturated carbocycles. The minimum atomic E-state index is -0.308. The van der Waals surface area contributed by atoms with Gasteiger partial charge in [-0.1, -0.05) is 29.8 Å². The summed E-state index contributed by atoms with van der Waals surface area (Å²) in [6.45, 7) is 3.50. The molecule has 1 N–H and O–H groups in total. The molecule has 0 aliphatic rings. The third-order valence-electron chi connectivity index (χ3n) is 2.69. The SMILES string of the molecule is C/C(=N\NC(=O)c1ccoc1C)c1ccccc1Cl. The minimum Gasteiger partial charge on any atom is -0.469 e. The molecule has 0 unspecified atom stereocenters. The van der Waals surface area contributed by atoms with Crippen molar-refractivity contribution in [1.82, 2.24) is 5.43 Å². The summed E-state index contributed by atoms with van der Waals surface area (Å²) in [5, 5.41) is 4.64. The van der Waals surface area contributed by atoms with Crippen molar-refractivity contribution < 1.29 is 9.21 Å². The summed E-state index contributed by atoms with van der Waals surface area (Å²) >= 11 is 6.05. The lowest BCUT2D eigenvalue weighted by atomic mass is 10.1. The molecule has 2 aromatic rings. The normalized spacial score (nSPS) is 11.4. The van der Waals surface area contributed by atoms with Crippen molar-refractivity contribution in [3.05, 3.63) is 58.5 Å². The fourth-order valence-electron chi connectivity index (χ4n) is 1.63. The third-order valence-corrected chi connectivity index (χ3v) is 3.02. The summed E-state index contributed by atoms with van der Waals surface area (Å²) in [7, 11) is 0. The van der Waals surface area contributed by atoms with Gasteiger partial charge >= 0.3 is 0 Å². The standard InChI is InChI=1S/C14H13ClN2O2/c1-9(11-5-3-4-6-13(11)15)16-17-14(18)12-7-8-19-10(12)2/h3-8H,1-2H3,(H,17,18)/b16-9+. The van der Waals surface area contributed by atoms with Crippen LogP contribution in [0.2, 0.25) is 5.02 Å². The topological polar surface area (TPSA) is 54.6 Å². The molecule has 0 saturated heterocycles. The lowest BCUT2D eigenvalue weighted by Gasteiger charge is -2.04. The summed E-state index contributed by atoms with van der Waals surface area (Å²) in [5.74, 6) is 0.251. The summed E-state index contributed by atoms with van der Waals surface area (Å²) < 4.78 is 5.07. The van der Waals surface area contributed by atoms with Crippen molar-refractivity contribution in [2.45, 2.75) is 13.8 Å². The first-order chi connectivity index (χ1) is 9.09. The van der Waals surface area contributed by atoms with Gasteiger partial charge in [0.2, 0.25) is 0 Å². The van der Waals surface area contributed by atoms with Gasteiger partial charge in [0.05, 0.1) is 17.5 Å². The fraction of sp³-hybridized carbons (Fsp3) is 0.143. The van der Waals surface area contributed by atoms with Crippen molar-refractivity contribution in [1.29, 1.82) is 0 Å². The molecule has 0 bridgehead atoms. The highest BCUT2D eigenvalue weighted by atomic mass is 35.5. The second-order valence-electron chi connectivity index (χ2n) is 4.01. The smallest absolute Gasteiger partial charge is 0.274 e. The maximum atomic E-state index is 11.8. The van der Waals surface area contributed by atoms with Gasteiger partial charge in [0.1, 0.15) is 5.76 Å². The van der Waals surface area contributed by atoms with Gasteiger partial charge in [-0.25, -0.2) is 5.43 Å². The van der Waals surface area contributed by atoms with E-state index < -0.39 is 0 Å². The summed E-state index contributed by atoms with van der Waals surface area (Å²) in [5.41, 5.74) is 4.37. The Bertz CT molecular complexity index is 632. The lowest BCUT2D eigenvalue weighted by Crippen LogP contribution is -2.19. The Hall–Kier alpha value is -2.07. The highest BCUT2D eigenvalue weighted by Gasteiger charge is 2.11. The van der Waals surface area contributed by atoms with E-state index in [2.05, 4.69) is 10.5 Å². The molecule has 4 nitrogen and oxygen atoms in total. The maximum absolute atomic E-state index is 11.8. The second kappa shape index (κ2) is 5.71. The van der Waals surface area contributed by atoms with E-state index in [0.717, 1.165) is 5.56 Å². The number of carbonyl (C=O) groups excluding carboxylic acids is 1. The molecule has 0 fully saturated rings. The molecule has 98 valence electrons. The largest absolute Gasteiger partial charge is 0.469 e. The molecule has 0 aliphatic carbocycles. The van der Waals surface area contributed by atoms with E-state index in [1.807, 2.05) is 18.2 Å². The predicted octanol–water partition coefficient (Wildman–Crippen LogP) is 3.40. The van der Waals surface area contributed by atoms with Crippen LogP contribution in [0.5, 0.6) is 0 Å².